The number of carbonyl (C=O) groups is 1. The van der Waals surface area contributed by atoms with E-state index in [-0.39, 0.29) is 29.3 Å². The number of hydrogen-bond acceptors (Lipinski definition) is 4. The molecule has 1 aromatic rings. The Kier molecular flexibility index (Phi) is 4.34. The maximum Gasteiger partial charge on any atom is 0.253 e. The highest BCUT2D eigenvalue weighted by Gasteiger charge is 2.31. The van der Waals surface area contributed by atoms with Gasteiger partial charge in [0.2, 0.25) is 0 Å². The van der Waals surface area contributed by atoms with E-state index in [4.69, 9.17) is 10.6 Å². The zero-order valence-corrected chi connectivity index (χ0v) is 10.8. The van der Waals surface area contributed by atoms with E-state index in [0.717, 1.165) is 12.8 Å². The third-order valence-corrected chi connectivity index (χ3v) is 3.23. The molecule has 1 aromatic carbocycles. The van der Waals surface area contributed by atoms with Gasteiger partial charge in [0.1, 0.15) is 5.82 Å². The zero-order chi connectivity index (χ0) is 13.8. The SMILES string of the molecule is CCOC1CC(NC(=O)c2cccc(F)c2NN)C1. The van der Waals surface area contributed by atoms with Gasteiger partial charge < -0.3 is 15.5 Å². The molecule has 1 aliphatic carbocycles. The van der Waals surface area contributed by atoms with Crippen LogP contribution in [-0.4, -0.2) is 24.7 Å². The number of nitrogens with one attached hydrogen (secondary N) is 2. The van der Waals surface area contributed by atoms with Gasteiger partial charge in [0.05, 0.1) is 17.4 Å². The molecule has 19 heavy (non-hydrogen) atoms. The molecule has 0 aromatic heterocycles. The van der Waals surface area contributed by atoms with Gasteiger partial charge in [0.15, 0.2) is 0 Å². The zero-order valence-electron chi connectivity index (χ0n) is 10.8. The first-order valence-corrected chi connectivity index (χ1v) is 6.33. The number of halogens is 1. The van der Waals surface area contributed by atoms with Crippen LogP contribution in [0, 0.1) is 5.82 Å². The number of hydrazine groups is 1. The Balaban J connectivity index is 1.96. The number of hydrogen-bond donors (Lipinski definition) is 3. The number of nitrogens with two attached hydrogens (primary N) is 1. The molecule has 0 radical (unpaired) electrons. The second-order valence-corrected chi connectivity index (χ2v) is 4.53. The van der Waals surface area contributed by atoms with E-state index in [2.05, 4.69) is 10.7 Å². The maximum atomic E-state index is 13.5. The fraction of sp³-hybridized carbons (Fsp3) is 0.462. The predicted octanol–water partition coefficient (Wildman–Crippen LogP) is 1.41. The Morgan fingerprint density at radius 2 is 2.26 bits per heavy atom. The molecule has 2 rings (SSSR count). The molecule has 5 nitrogen and oxygen atoms in total. The maximum absolute atomic E-state index is 13.5. The smallest absolute Gasteiger partial charge is 0.253 e. The Labute approximate surface area is 111 Å². The van der Waals surface area contributed by atoms with Crippen molar-refractivity contribution in [1.29, 1.82) is 0 Å². The van der Waals surface area contributed by atoms with E-state index < -0.39 is 5.82 Å². The molecule has 0 heterocycles. The molecule has 0 atom stereocenters. The Morgan fingerprint density at radius 3 is 2.89 bits per heavy atom. The van der Waals surface area contributed by atoms with Crippen molar-refractivity contribution in [3.63, 3.8) is 0 Å². The van der Waals surface area contributed by atoms with E-state index in [1.54, 1.807) is 0 Å². The first kappa shape index (κ1) is 13.8. The minimum atomic E-state index is -0.545. The number of anilines is 1. The van der Waals surface area contributed by atoms with Gasteiger partial charge in [-0.05, 0) is 31.9 Å². The van der Waals surface area contributed by atoms with E-state index >= 15 is 0 Å². The van der Waals surface area contributed by atoms with Gasteiger partial charge in [-0.1, -0.05) is 6.07 Å². The summed E-state index contributed by atoms with van der Waals surface area (Å²) in [6.07, 6.45) is 1.80. The first-order valence-electron chi connectivity index (χ1n) is 6.33. The summed E-state index contributed by atoms with van der Waals surface area (Å²) < 4.78 is 18.9. The third-order valence-electron chi connectivity index (χ3n) is 3.23. The molecule has 6 heteroatoms. The minimum Gasteiger partial charge on any atom is -0.378 e. The number of ether oxygens (including phenoxy) is 1. The van der Waals surface area contributed by atoms with Gasteiger partial charge in [-0.2, -0.15) is 0 Å². The molecule has 4 N–H and O–H groups in total. The molecule has 1 saturated carbocycles. The van der Waals surface area contributed by atoms with Crippen LogP contribution in [0.1, 0.15) is 30.1 Å². The van der Waals surface area contributed by atoms with Crippen molar-refractivity contribution >= 4 is 11.6 Å². The number of para-hydroxylation sites is 1. The van der Waals surface area contributed by atoms with E-state index in [9.17, 15) is 9.18 Å². The highest BCUT2D eigenvalue weighted by Crippen LogP contribution is 2.25. The van der Waals surface area contributed by atoms with Crippen LogP contribution in [0.2, 0.25) is 0 Å². The van der Waals surface area contributed by atoms with Gasteiger partial charge in [-0.15, -0.1) is 0 Å². The monoisotopic (exact) mass is 267 g/mol. The van der Waals surface area contributed by atoms with Crippen molar-refractivity contribution in [2.45, 2.75) is 31.9 Å². The molecule has 0 unspecified atom stereocenters. The Morgan fingerprint density at radius 1 is 1.53 bits per heavy atom. The van der Waals surface area contributed by atoms with Crippen molar-refractivity contribution < 1.29 is 13.9 Å². The molecular weight excluding hydrogens is 249 g/mol. The lowest BCUT2D eigenvalue weighted by molar-refractivity contribution is -0.00862. The van der Waals surface area contributed by atoms with Gasteiger partial charge in [-0.3, -0.25) is 10.6 Å². The second kappa shape index (κ2) is 5.99. The summed E-state index contributed by atoms with van der Waals surface area (Å²) in [5, 5.41) is 2.84. The lowest BCUT2D eigenvalue weighted by Gasteiger charge is -2.35. The Hall–Kier alpha value is -1.66. The van der Waals surface area contributed by atoms with E-state index in [1.807, 2.05) is 6.92 Å². The molecule has 0 aliphatic heterocycles. The van der Waals surface area contributed by atoms with Crippen LogP contribution in [0.3, 0.4) is 0 Å². The van der Waals surface area contributed by atoms with Gasteiger partial charge in [0, 0.05) is 12.6 Å². The number of benzene rings is 1. The lowest BCUT2D eigenvalue weighted by atomic mass is 9.89. The first-order chi connectivity index (χ1) is 9.15. The topological polar surface area (TPSA) is 76.4 Å². The number of amides is 1. The Bertz CT molecular complexity index is 461. The molecule has 0 bridgehead atoms. The molecule has 0 saturated heterocycles. The van der Waals surface area contributed by atoms with Crippen molar-refractivity contribution in [2.24, 2.45) is 5.84 Å². The van der Waals surface area contributed by atoms with Crippen molar-refractivity contribution in [3.05, 3.63) is 29.6 Å². The second-order valence-electron chi connectivity index (χ2n) is 4.53. The quantitative estimate of drug-likeness (QED) is 0.557. The molecule has 1 fully saturated rings. The number of nitrogen functional groups attached to an aromatic ring is 1. The molecule has 1 aliphatic rings. The average molecular weight is 267 g/mol. The summed E-state index contributed by atoms with van der Waals surface area (Å²) in [5.74, 6) is 4.37. The number of rotatable bonds is 5. The molecular formula is C13H18FN3O2. The van der Waals surface area contributed by atoms with Crippen molar-refractivity contribution in [2.75, 3.05) is 12.0 Å². The number of carbonyl (C=O) groups excluding carboxylic acids is 1. The van der Waals surface area contributed by atoms with Crippen LogP contribution in [-0.2, 0) is 4.74 Å². The average Bonchev–Trinajstić information content (AvgIpc) is 2.35. The van der Waals surface area contributed by atoms with Gasteiger partial charge in [0.25, 0.3) is 5.91 Å². The lowest BCUT2D eigenvalue weighted by Crippen LogP contribution is -2.48. The predicted molar refractivity (Wildman–Crippen MR) is 70.1 cm³/mol. The standard InChI is InChI=1S/C13H18FN3O2/c1-2-19-9-6-8(7-9)16-13(18)10-4-3-5-11(14)12(10)17-15/h3-5,8-9,17H,2,6-7,15H2,1H3,(H,16,18). The van der Waals surface area contributed by atoms with Gasteiger partial charge >= 0.3 is 0 Å². The summed E-state index contributed by atoms with van der Waals surface area (Å²) in [7, 11) is 0. The van der Waals surface area contributed by atoms with Gasteiger partial charge in [-0.25, -0.2) is 4.39 Å². The van der Waals surface area contributed by atoms with E-state index in [1.165, 1.54) is 18.2 Å². The normalized spacial score (nSPS) is 21.6. The van der Waals surface area contributed by atoms with Crippen LogP contribution < -0.4 is 16.6 Å². The molecule has 1 amide bonds. The highest BCUT2D eigenvalue weighted by molar-refractivity contribution is 5.99. The van der Waals surface area contributed by atoms with Crippen molar-refractivity contribution in [1.82, 2.24) is 5.32 Å². The minimum absolute atomic E-state index is 0.0145. The molecule has 0 spiro atoms. The summed E-state index contributed by atoms with van der Waals surface area (Å²) in [6.45, 7) is 2.62. The summed E-state index contributed by atoms with van der Waals surface area (Å²) in [5.41, 5.74) is 2.45. The van der Waals surface area contributed by atoms with E-state index in [0.29, 0.717) is 6.61 Å². The highest BCUT2D eigenvalue weighted by atomic mass is 19.1. The van der Waals surface area contributed by atoms with Crippen LogP contribution >= 0.6 is 0 Å². The molecule has 104 valence electrons. The third kappa shape index (κ3) is 3.02. The van der Waals surface area contributed by atoms with Crippen LogP contribution in [0.15, 0.2) is 18.2 Å². The summed E-state index contributed by atoms with van der Waals surface area (Å²) in [4.78, 5) is 12.0. The van der Waals surface area contributed by atoms with Crippen molar-refractivity contribution in [3.8, 4) is 0 Å². The fourth-order valence-electron chi connectivity index (χ4n) is 2.18. The van der Waals surface area contributed by atoms with Crippen LogP contribution in [0.5, 0.6) is 0 Å². The van der Waals surface area contributed by atoms with Crippen LogP contribution in [0.4, 0.5) is 10.1 Å². The van der Waals surface area contributed by atoms with Crippen LogP contribution in [0.25, 0.3) is 0 Å². The summed E-state index contributed by atoms with van der Waals surface area (Å²) in [6, 6.07) is 4.35. The fourth-order valence-corrected chi connectivity index (χ4v) is 2.18. The summed E-state index contributed by atoms with van der Waals surface area (Å²) >= 11 is 0. The largest absolute Gasteiger partial charge is 0.378 e.